The molecule has 0 spiro atoms. The number of rotatable bonds is 3. The zero-order valence-corrected chi connectivity index (χ0v) is 9.79. The van der Waals surface area contributed by atoms with Gasteiger partial charge < -0.3 is 0 Å². The molecule has 1 aromatic heterocycles. The summed E-state index contributed by atoms with van der Waals surface area (Å²) in [5, 5.41) is 0.680. The van der Waals surface area contributed by atoms with Crippen molar-refractivity contribution in [3.05, 3.63) is 22.2 Å². The quantitative estimate of drug-likeness (QED) is 0.745. The fourth-order valence-electron chi connectivity index (χ4n) is 1.69. The van der Waals surface area contributed by atoms with E-state index in [1.54, 1.807) is 0 Å². The van der Waals surface area contributed by atoms with Crippen molar-refractivity contribution in [3.8, 4) is 0 Å². The van der Waals surface area contributed by atoms with Gasteiger partial charge in [0.05, 0.1) is 5.75 Å². The molecule has 76 valence electrons. The maximum atomic E-state index is 6.09. The molecule has 2 rings (SSSR count). The minimum Gasteiger partial charge on any atom is -0.237 e. The molecule has 0 fully saturated rings. The number of hydrogen-bond acceptors (Lipinski definition) is 3. The molecule has 0 unspecified atom stereocenters. The monoisotopic (exact) mass is 228 g/mol. The largest absolute Gasteiger partial charge is 0.237 e. The van der Waals surface area contributed by atoms with Gasteiger partial charge in [-0.05, 0) is 25.0 Å². The topological polar surface area (TPSA) is 25.8 Å². The van der Waals surface area contributed by atoms with Crippen LogP contribution in [-0.4, -0.2) is 15.7 Å². The van der Waals surface area contributed by atoms with Crippen LogP contribution in [0, 0.1) is 0 Å². The first-order valence-corrected chi connectivity index (χ1v) is 6.46. The van der Waals surface area contributed by atoms with Crippen LogP contribution in [0.15, 0.2) is 0 Å². The van der Waals surface area contributed by atoms with Crippen LogP contribution in [0.4, 0.5) is 0 Å². The summed E-state index contributed by atoms with van der Waals surface area (Å²) in [6.07, 6.45) is 3.30. The van der Waals surface area contributed by atoms with Crippen LogP contribution in [0.25, 0.3) is 0 Å². The molecule has 14 heavy (non-hydrogen) atoms. The van der Waals surface area contributed by atoms with Gasteiger partial charge in [-0.2, -0.15) is 11.8 Å². The van der Waals surface area contributed by atoms with E-state index in [1.165, 1.54) is 17.7 Å². The van der Waals surface area contributed by atoms with E-state index in [2.05, 4.69) is 16.9 Å². The van der Waals surface area contributed by atoms with Crippen LogP contribution in [0.5, 0.6) is 0 Å². The van der Waals surface area contributed by atoms with Crippen molar-refractivity contribution in [1.82, 2.24) is 9.97 Å². The van der Waals surface area contributed by atoms with E-state index in [9.17, 15) is 0 Å². The average molecular weight is 229 g/mol. The predicted molar refractivity (Wildman–Crippen MR) is 60.9 cm³/mol. The van der Waals surface area contributed by atoms with Crippen molar-refractivity contribution in [2.45, 2.75) is 31.9 Å². The Morgan fingerprint density at radius 2 is 2.21 bits per heavy atom. The molecule has 0 bridgehead atoms. The number of aromatic nitrogens is 2. The van der Waals surface area contributed by atoms with Crippen molar-refractivity contribution in [2.24, 2.45) is 0 Å². The second-order valence-corrected chi connectivity index (χ2v) is 4.98. The number of nitrogens with zero attached hydrogens (tertiary/aromatic N) is 2. The molecule has 2 nitrogen and oxygen atoms in total. The van der Waals surface area contributed by atoms with Crippen molar-refractivity contribution >= 4 is 23.4 Å². The number of fused-ring (bicyclic) bond motifs is 1. The van der Waals surface area contributed by atoms with E-state index in [-0.39, 0.29) is 0 Å². The van der Waals surface area contributed by atoms with Gasteiger partial charge in [0.25, 0.3) is 0 Å². The number of hydrogen-bond donors (Lipinski definition) is 0. The summed E-state index contributed by atoms with van der Waals surface area (Å²) in [5.41, 5.74) is 2.36. The molecule has 0 aliphatic heterocycles. The van der Waals surface area contributed by atoms with Crippen molar-refractivity contribution in [3.63, 3.8) is 0 Å². The Bertz CT molecular complexity index is 341. The Labute approximate surface area is 93.5 Å². The Morgan fingerprint density at radius 3 is 3.00 bits per heavy atom. The van der Waals surface area contributed by atoms with Gasteiger partial charge in [0.15, 0.2) is 0 Å². The standard InChI is InChI=1S/C10H13ClN2S/c1-2-14-6-9-12-8-5-3-4-7(8)10(11)13-9/h2-6H2,1H3. The van der Waals surface area contributed by atoms with Gasteiger partial charge in [-0.1, -0.05) is 18.5 Å². The smallest absolute Gasteiger partial charge is 0.140 e. The first kappa shape index (κ1) is 10.2. The molecule has 0 aromatic carbocycles. The summed E-state index contributed by atoms with van der Waals surface area (Å²) in [4.78, 5) is 8.85. The third-order valence-corrected chi connectivity index (χ3v) is 3.55. The number of halogens is 1. The Hall–Kier alpha value is -0.280. The van der Waals surface area contributed by atoms with Crippen molar-refractivity contribution < 1.29 is 0 Å². The highest BCUT2D eigenvalue weighted by Crippen LogP contribution is 2.26. The Morgan fingerprint density at radius 1 is 1.36 bits per heavy atom. The molecule has 0 atom stereocenters. The SMILES string of the molecule is CCSCc1nc(Cl)c2c(n1)CCC2. The lowest BCUT2D eigenvalue weighted by Gasteiger charge is -2.04. The third kappa shape index (κ3) is 2.04. The van der Waals surface area contributed by atoms with E-state index in [1.807, 2.05) is 11.8 Å². The maximum Gasteiger partial charge on any atom is 0.140 e. The molecule has 0 amide bonds. The van der Waals surface area contributed by atoms with E-state index >= 15 is 0 Å². The van der Waals surface area contributed by atoms with Crippen LogP contribution >= 0.6 is 23.4 Å². The fourth-order valence-corrected chi connectivity index (χ4v) is 2.51. The molecule has 1 aliphatic rings. The van der Waals surface area contributed by atoms with Crippen LogP contribution in [0.1, 0.15) is 30.4 Å². The average Bonchev–Trinajstić information content (AvgIpc) is 2.63. The van der Waals surface area contributed by atoms with Crippen molar-refractivity contribution in [1.29, 1.82) is 0 Å². The van der Waals surface area contributed by atoms with Gasteiger partial charge in [-0.3, -0.25) is 0 Å². The number of thioether (sulfide) groups is 1. The summed E-state index contributed by atoms with van der Waals surface area (Å²) in [6.45, 7) is 2.14. The normalized spacial score (nSPS) is 14.4. The van der Waals surface area contributed by atoms with Gasteiger partial charge in [-0.15, -0.1) is 0 Å². The van der Waals surface area contributed by atoms with Gasteiger partial charge in [0.1, 0.15) is 11.0 Å². The zero-order valence-electron chi connectivity index (χ0n) is 8.22. The minimum absolute atomic E-state index is 0.680. The maximum absolute atomic E-state index is 6.09. The second kappa shape index (κ2) is 4.49. The van der Waals surface area contributed by atoms with Crippen LogP contribution in [0.2, 0.25) is 5.15 Å². The highest BCUT2D eigenvalue weighted by Gasteiger charge is 2.17. The van der Waals surface area contributed by atoms with Gasteiger partial charge in [0, 0.05) is 11.3 Å². The molecule has 1 aromatic rings. The molecule has 0 N–H and O–H groups in total. The third-order valence-electron chi connectivity index (χ3n) is 2.36. The van der Waals surface area contributed by atoms with Crippen LogP contribution in [-0.2, 0) is 18.6 Å². The summed E-state index contributed by atoms with van der Waals surface area (Å²) in [5.74, 6) is 2.86. The first-order valence-electron chi connectivity index (χ1n) is 4.93. The summed E-state index contributed by atoms with van der Waals surface area (Å²) < 4.78 is 0. The molecule has 4 heteroatoms. The Balaban J connectivity index is 2.23. The Kier molecular flexibility index (Phi) is 3.29. The summed E-state index contributed by atoms with van der Waals surface area (Å²) in [7, 11) is 0. The van der Waals surface area contributed by atoms with E-state index in [0.29, 0.717) is 5.15 Å². The van der Waals surface area contributed by atoms with E-state index in [4.69, 9.17) is 11.6 Å². The molecule has 1 aliphatic carbocycles. The lowest BCUT2D eigenvalue weighted by atomic mass is 10.3. The van der Waals surface area contributed by atoms with E-state index < -0.39 is 0 Å². The van der Waals surface area contributed by atoms with Crippen molar-refractivity contribution in [2.75, 3.05) is 5.75 Å². The first-order chi connectivity index (χ1) is 6.81. The number of aryl methyl sites for hydroxylation is 1. The fraction of sp³-hybridized carbons (Fsp3) is 0.600. The zero-order chi connectivity index (χ0) is 9.97. The van der Waals surface area contributed by atoms with Gasteiger partial charge >= 0.3 is 0 Å². The van der Waals surface area contributed by atoms with Gasteiger partial charge in [-0.25, -0.2) is 9.97 Å². The molecule has 0 saturated heterocycles. The van der Waals surface area contributed by atoms with E-state index in [0.717, 1.165) is 30.2 Å². The minimum atomic E-state index is 0.680. The van der Waals surface area contributed by atoms with Crippen LogP contribution < -0.4 is 0 Å². The lowest BCUT2D eigenvalue weighted by Crippen LogP contribution is -1.99. The van der Waals surface area contributed by atoms with Gasteiger partial charge in [0.2, 0.25) is 0 Å². The molecule has 0 radical (unpaired) electrons. The lowest BCUT2D eigenvalue weighted by molar-refractivity contribution is 0.893. The highest BCUT2D eigenvalue weighted by atomic mass is 35.5. The summed E-state index contributed by atoms with van der Waals surface area (Å²) >= 11 is 7.93. The molecule has 1 heterocycles. The van der Waals surface area contributed by atoms with Crippen LogP contribution in [0.3, 0.4) is 0 Å². The molecular formula is C10H13ClN2S. The predicted octanol–water partition coefficient (Wildman–Crippen LogP) is 2.87. The summed E-state index contributed by atoms with van der Waals surface area (Å²) in [6, 6.07) is 0. The molecule has 0 saturated carbocycles. The second-order valence-electron chi connectivity index (χ2n) is 3.35. The highest BCUT2D eigenvalue weighted by molar-refractivity contribution is 7.98. The molecular weight excluding hydrogens is 216 g/mol.